The number of benzene rings is 3. The summed E-state index contributed by atoms with van der Waals surface area (Å²) in [5.74, 6) is -0.0378. The number of aromatic hydroxyl groups is 1. The van der Waals surface area contributed by atoms with Gasteiger partial charge in [-0.05, 0) is 48.2 Å². The van der Waals surface area contributed by atoms with E-state index in [1.54, 1.807) is 6.07 Å². The monoisotopic (exact) mass is 355 g/mol. The second-order valence-corrected chi connectivity index (χ2v) is 7.19. The highest BCUT2D eigenvalue weighted by atomic mass is 32.2. The number of hydrogen-bond donors (Lipinski definition) is 2. The molecule has 2 N–H and O–H groups in total. The molecule has 4 rings (SSSR count). The third-order valence-corrected chi connectivity index (χ3v) is 4.82. The van der Waals surface area contributed by atoms with Crippen molar-refractivity contribution in [1.82, 2.24) is 15.0 Å². The van der Waals surface area contributed by atoms with Gasteiger partial charge in [-0.3, -0.25) is 4.55 Å². The Morgan fingerprint density at radius 1 is 0.960 bits per heavy atom. The highest BCUT2D eigenvalue weighted by molar-refractivity contribution is 7.85. The Hall–Kier alpha value is -2.97. The molecule has 126 valence electrons. The van der Waals surface area contributed by atoms with Crippen LogP contribution in [0.1, 0.15) is 5.56 Å². The molecule has 0 aliphatic heterocycles. The Labute approximate surface area is 142 Å². The first-order chi connectivity index (χ1) is 11.8. The zero-order chi connectivity index (χ0) is 17.8. The first kappa shape index (κ1) is 15.6. The van der Waals surface area contributed by atoms with Gasteiger partial charge in [0.1, 0.15) is 22.5 Å². The molecule has 7 nitrogen and oxygen atoms in total. The predicted molar refractivity (Wildman–Crippen MR) is 92.6 cm³/mol. The molecule has 1 aromatic heterocycles. The Kier molecular flexibility index (Phi) is 3.28. The van der Waals surface area contributed by atoms with Crippen molar-refractivity contribution in [2.45, 2.75) is 11.8 Å². The zero-order valence-corrected chi connectivity index (χ0v) is 13.9. The Morgan fingerprint density at radius 2 is 1.72 bits per heavy atom. The fourth-order valence-electron chi connectivity index (χ4n) is 2.78. The van der Waals surface area contributed by atoms with Crippen LogP contribution in [0.15, 0.2) is 53.4 Å². The highest BCUT2D eigenvalue weighted by Gasteiger charge is 2.16. The van der Waals surface area contributed by atoms with Crippen molar-refractivity contribution >= 4 is 31.9 Å². The van der Waals surface area contributed by atoms with Crippen LogP contribution in [0.25, 0.3) is 27.5 Å². The SMILES string of the molecule is Cc1ccc2nn(-c3c(O)ccc4cc(S(=O)(=O)O)ccc34)nc2c1. The van der Waals surface area contributed by atoms with Gasteiger partial charge in [-0.15, -0.1) is 15.0 Å². The van der Waals surface area contributed by atoms with Crippen LogP contribution in [0.3, 0.4) is 0 Å². The maximum Gasteiger partial charge on any atom is 0.294 e. The minimum atomic E-state index is -4.31. The van der Waals surface area contributed by atoms with E-state index in [9.17, 15) is 18.1 Å². The molecule has 0 amide bonds. The van der Waals surface area contributed by atoms with Gasteiger partial charge in [0.25, 0.3) is 10.1 Å². The van der Waals surface area contributed by atoms with E-state index in [4.69, 9.17) is 0 Å². The van der Waals surface area contributed by atoms with Gasteiger partial charge in [0.05, 0.1) is 4.90 Å². The fourth-order valence-corrected chi connectivity index (χ4v) is 3.29. The molecule has 0 spiro atoms. The normalized spacial score (nSPS) is 12.1. The maximum absolute atomic E-state index is 11.3. The standard InChI is InChI=1S/C17H13N3O4S/c1-10-2-6-14-15(8-10)19-20(18-14)17-13-5-4-12(25(22,23)24)9-11(13)3-7-16(17)21/h2-9,21H,1H3,(H,22,23,24). The number of phenolic OH excluding ortho intramolecular Hbond substituents is 1. The molecule has 8 heteroatoms. The van der Waals surface area contributed by atoms with Crippen molar-refractivity contribution in [1.29, 1.82) is 0 Å². The van der Waals surface area contributed by atoms with Crippen molar-refractivity contribution in [3.8, 4) is 11.4 Å². The molecule has 3 aromatic carbocycles. The molecule has 0 atom stereocenters. The van der Waals surface area contributed by atoms with E-state index in [2.05, 4.69) is 10.2 Å². The first-order valence-corrected chi connectivity index (χ1v) is 8.84. The van der Waals surface area contributed by atoms with Crippen LogP contribution in [-0.2, 0) is 10.1 Å². The quantitative estimate of drug-likeness (QED) is 0.536. The van der Waals surface area contributed by atoms with Gasteiger partial charge in [-0.25, -0.2) is 0 Å². The highest BCUT2D eigenvalue weighted by Crippen LogP contribution is 2.32. The molecule has 0 bridgehead atoms. The molecule has 0 aliphatic rings. The maximum atomic E-state index is 11.3. The van der Waals surface area contributed by atoms with E-state index >= 15 is 0 Å². The molecule has 4 aromatic rings. The summed E-state index contributed by atoms with van der Waals surface area (Å²) in [4.78, 5) is 1.11. The lowest BCUT2D eigenvalue weighted by Crippen LogP contribution is -2.02. The average Bonchev–Trinajstić information content (AvgIpc) is 2.95. The predicted octanol–water partition coefficient (Wildman–Crippen LogP) is 2.83. The summed E-state index contributed by atoms with van der Waals surface area (Å²) >= 11 is 0. The molecular formula is C17H13N3O4S. The molecule has 0 saturated heterocycles. The van der Waals surface area contributed by atoms with Crippen molar-refractivity contribution in [2.75, 3.05) is 0 Å². The van der Waals surface area contributed by atoms with Crippen molar-refractivity contribution in [3.63, 3.8) is 0 Å². The number of hydrogen-bond acceptors (Lipinski definition) is 5. The Bertz CT molecular complexity index is 1250. The third-order valence-electron chi connectivity index (χ3n) is 3.98. The van der Waals surface area contributed by atoms with Gasteiger partial charge in [-0.1, -0.05) is 18.2 Å². The van der Waals surface area contributed by atoms with Gasteiger partial charge < -0.3 is 5.11 Å². The summed E-state index contributed by atoms with van der Waals surface area (Å²) in [6.07, 6.45) is 0. The number of fused-ring (bicyclic) bond motifs is 2. The van der Waals surface area contributed by atoms with Gasteiger partial charge >= 0.3 is 0 Å². The van der Waals surface area contributed by atoms with Crippen LogP contribution in [-0.4, -0.2) is 33.1 Å². The van der Waals surface area contributed by atoms with E-state index in [0.29, 0.717) is 27.5 Å². The first-order valence-electron chi connectivity index (χ1n) is 7.40. The van der Waals surface area contributed by atoms with Crippen LogP contribution < -0.4 is 0 Å². The Morgan fingerprint density at radius 3 is 2.48 bits per heavy atom. The molecule has 0 aliphatic carbocycles. The van der Waals surface area contributed by atoms with Gasteiger partial charge in [0, 0.05) is 5.39 Å². The van der Waals surface area contributed by atoms with Crippen molar-refractivity contribution in [3.05, 3.63) is 54.1 Å². The van der Waals surface area contributed by atoms with Crippen LogP contribution >= 0.6 is 0 Å². The number of aromatic nitrogens is 3. The van der Waals surface area contributed by atoms with Crippen LogP contribution in [0.4, 0.5) is 0 Å². The Balaban J connectivity index is 2.00. The molecule has 0 saturated carbocycles. The average molecular weight is 355 g/mol. The van der Waals surface area contributed by atoms with Gasteiger partial charge in [-0.2, -0.15) is 8.42 Å². The molecule has 0 unspecified atom stereocenters. The molecule has 0 radical (unpaired) electrons. The lowest BCUT2D eigenvalue weighted by molar-refractivity contribution is 0.469. The zero-order valence-electron chi connectivity index (χ0n) is 13.1. The summed E-state index contributed by atoms with van der Waals surface area (Å²) in [6, 6.07) is 12.8. The fraction of sp³-hybridized carbons (Fsp3) is 0.0588. The molecule has 1 heterocycles. The van der Waals surface area contributed by atoms with Gasteiger partial charge in [0.2, 0.25) is 0 Å². The third kappa shape index (κ3) is 2.61. The molecular weight excluding hydrogens is 342 g/mol. The summed E-state index contributed by atoms with van der Waals surface area (Å²) in [5, 5.41) is 20.2. The smallest absolute Gasteiger partial charge is 0.294 e. The summed E-state index contributed by atoms with van der Waals surface area (Å²) in [6.45, 7) is 1.95. The topological polar surface area (TPSA) is 105 Å². The van der Waals surface area contributed by atoms with E-state index in [-0.39, 0.29) is 10.6 Å². The minimum Gasteiger partial charge on any atom is -0.506 e. The van der Waals surface area contributed by atoms with E-state index in [1.807, 2.05) is 25.1 Å². The molecule has 0 fully saturated rings. The summed E-state index contributed by atoms with van der Waals surface area (Å²) < 4.78 is 31.9. The second-order valence-electron chi connectivity index (χ2n) is 5.77. The summed E-state index contributed by atoms with van der Waals surface area (Å²) in [5.41, 5.74) is 2.75. The second kappa shape index (κ2) is 5.27. The number of phenols is 1. The molecule has 25 heavy (non-hydrogen) atoms. The number of rotatable bonds is 2. The van der Waals surface area contributed by atoms with Gasteiger partial charge in [0.15, 0.2) is 0 Å². The van der Waals surface area contributed by atoms with Crippen molar-refractivity contribution < 1.29 is 18.1 Å². The van der Waals surface area contributed by atoms with Crippen LogP contribution in [0.5, 0.6) is 5.75 Å². The minimum absolute atomic E-state index is 0.0378. The largest absolute Gasteiger partial charge is 0.506 e. The van der Waals surface area contributed by atoms with E-state index in [0.717, 1.165) is 5.56 Å². The van der Waals surface area contributed by atoms with E-state index < -0.39 is 10.1 Å². The summed E-state index contributed by atoms with van der Waals surface area (Å²) in [7, 11) is -4.31. The lowest BCUT2D eigenvalue weighted by atomic mass is 10.1. The number of nitrogens with zero attached hydrogens (tertiary/aromatic N) is 3. The van der Waals surface area contributed by atoms with E-state index in [1.165, 1.54) is 29.1 Å². The van der Waals surface area contributed by atoms with Crippen LogP contribution in [0, 0.1) is 6.92 Å². The number of aryl methyl sites for hydroxylation is 1. The van der Waals surface area contributed by atoms with Crippen molar-refractivity contribution in [2.24, 2.45) is 0 Å². The lowest BCUT2D eigenvalue weighted by Gasteiger charge is -2.08. The van der Waals surface area contributed by atoms with Crippen LogP contribution in [0.2, 0.25) is 0 Å².